The van der Waals surface area contributed by atoms with Crippen molar-refractivity contribution in [3.05, 3.63) is 25.1 Å². The average Bonchev–Trinajstić information content (AvgIpc) is 2.37. The summed E-state index contributed by atoms with van der Waals surface area (Å²) in [7, 11) is 0. The van der Waals surface area contributed by atoms with Crippen LogP contribution in [-0.4, -0.2) is 19.2 Å². The molecule has 0 spiro atoms. The number of carbonyl (C=O) groups excluding carboxylic acids is 1. The van der Waals surface area contributed by atoms with E-state index in [0.29, 0.717) is 36.9 Å². The molecule has 0 fully saturated rings. The summed E-state index contributed by atoms with van der Waals surface area (Å²) in [5, 5.41) is 0. The molecule has 1 radical (unpaired) electrons. The zero-order valence-electron chi connectivity index (χ0n) is 11.6. The summed E-state index contributed by atoms with van der Waals surface area (Å²) in [6.07, 6.45) is 1.81. The molecule has 0 atom stereocenters. The highest BCUT2D eigenvalue weighted by Gasteiger charge is 2.08. The maximum Gasteiger partial charge on any atom is 0.311 e. The van der Waals surface area contributed by atoms with Gasteiger partial charge in [-0.2, -0.15) is 0 Å². The second-order valence-electron chi connectivity index (χ2n) is 3.94. The fraction of sp³-hybridized carbons (Fsp3) is 0.467. The minimum Gasteiger partial charge on any atom is -0.494 e. The maximum absolute atomic E-state index is 11.6. The Hall–Kier alpha value is -1.71. The van der Waals surface area contributed by atoms with E-state index >= 15 is 0 Å². The molecule has 4 nitrogen and oxygen atoms in total. The molecule has 1 aromatic rings. The van der Waals surface area contributed by atoms with Crippen LogP contribution in [0.4, 0.5) is 0 Å². The van der Waals surface area contributed by atoms with Gasteiger partial charge in [0.2, 0.25) is 0 Å². The molecule has 0 aromatic heterocycles. The number of hydrogen-bond donors (Lipinski definition) is 0. The first kappa shape index (κ1) is 15.3. The normalized spacial score (nSPS) is 10.1. The summed E-state index contributed by atoms with van der Waals surface area (Å²) in [4.78, 5) is 11.6. The summed E-state index contributed by atoms with van der Waals surface area (Å²) in [5.41, 5.74) is 0. The molecular formula is C15H21O4. The fourth-order valence-electron chi connectivity index (χ4n) is 1.56. The van der Waals surface area contributed by atoms with E-state index in [9.17, 15) is 4.79 Å². The molecule has 105 valence electrons. The lowest BCUT2D eigenvalue weighted by atomic mass is 10.2. The van der Waals surface area contributed by atoms with Gasteiger partial charge in [-0.05, 0) is 20.3 Å². The van der Waals surface area contributed by atoms with Crippen LogP contribution >= 0.6 is 0 Å². The van der Waals surface area contributed by atoms with Crippen LogP contribution in [-0.2, 0) is 4.79 Å². The summed E-state index contributed by atoms with van der Waals surface area (Å²) in [6, 6.07) is 5.16. The Bertz CT molecular complexity index is 377. The molecule has 0 amide bonds. The van der Waals surface area contributed by atoms with Gasteiger partial charge in [0.05, 0.1) is 13.2 Å². The second-order valence-corrected chi connectivity index (χ2v) is 3.94. The monoisotopic (exact) mass is 265 g/mol. The van der Waals surface area contributed by atoms with E-state index in [0.717, 1.165) is 12.8 Å². The molecular weight excluding hydrogens is 244 g/mol. The number of benzene rings is 1. The maximum atomic E-state index is 11.6. The third-order valence-corrected chi connectivity index (χ3v) is 2.34. The zero-order valence-corrected chi connectivity index (χ0v) is 11.6. The van der Waals surface area contributed by atoms with Gasteiger partial charge in [0.1, 0.15) is 17.2 Å². The Balaban J connectivity index is 2.77. The van der Waals surface area contributed by atoms with Crippen molar-refractivity contribution in [2.24, 2.45) is 0 Å². The van der Waals surface area contributed by atoms with E-state index in [1.807, 2.05) is 13.8 Å². The topological polar surface area (TPSA) is 44.8 Å². The van der Waals surface area contributed by atoms with Gasteiger partial charge < -0.3 is 14.2 Å². The van der Waals surface area contributed by atoms with Crippen LogP contribution in [0.15, 0.2) is 18.2 Å². The van der Waals surface area contributed by atoms with E-state index in [1.54, 1.807) is 18.2 Å². The largest absolute Gasteiger partial charge is 0.494 e. The molecule has 1 aromatic carbocycles. The van der Waals surface area contributed by atoms with Crippen LogP contribution in [0, 0.1) is 6.92 Å². The third kappa shape index (κ3) is 5.64. The van der Waals surface area contributed by atoms with E-state index in [4.69, 9.17) is 14.2 Å². The van der Waals surface area contributed by atoms with Crippen LogP contribution in [0.5, 0.6) is 17.2 Å². The van der Waals surface area contributed by atoms with E-state index in [1.165, 1.54) is 0 Å². The molecule has 0 unspecified atom stereocenters. The molecule has 0 saturated heterocycles. The lowest BCUT2D eigenvalue weighted by Gasteiger charge is -2.10. The Morgan fingerprint density at radius 3 is 2.05 bits per heavy atom. The van der Waals surface area contributed by atoms with Crippen molar-refractivity contribution in [2.75, 3.05) is 13.2 Å². The van der Waals surface area contributed by atoms with Gasteiger partial charge in [0, 0.05) is 24.6 Å². The molecule has 0 aliphatic rings. The second kappa shape index (κ2) is 8.40. The Labute approximate surface area is 114 Å². The highest BCUT2D eigenvalue weighted by molar-refractivity contribution is 5.72. The standard InChI is InChI=1S/C15H21O4/c1-4-7-8-15(16)19-14-10-12(17-5-2)9-13(11-14)18-6-3/h9-11H,1,4-8H2,2-3H3. The summed E-state index contributed by atoms with van der Waals surface area (Å²) in [5.74, 6) is 1.45. The van der Waals surface area contributed by atoms with Crippen LogP contribution in [0.3, 0.4) is 0 Å². The molecule has 0 bridgehead atoms. The quantitative estimate of drug-likeness (QED) is 0.534. The Morgan fingerprint density at radius 2 is 1.58 bits per heavy atom. The van der Waals surface area contributed by atoms with Crippen molar-refractivity contribution in [2.45, 2.75) is 33.1 Å². The minimum absolute atomic E-state index is 0.264. The van der Waals surface area contributed by atoms with Crippen molar-refractivity contribution in [3.63, 3.8) is 0 Å². The fourth-order valence-corrected chi connectivity index (χ4v) is 1.56. The van der Waals surface area contributed by atoms with Crippen molar-refractivity contribution in [3.8, 4) is 17.2 Å². The van der Waals surface area contributed by atoms with Crippen molar-refractivity contribution in [1.82, 2.24) is 0 Å². The number of carbonyl (C=O) groups is 1. The van der Waals surface area contributed by atoms with Gasteiger partial charge in [0.25, 0.3) is 0 Å². The molecule has 4 heteroatoms. The van der Waals surface area contributed by atoms with E-state index in [-0.39, 0.29) is 5.97 Å². The van der Waals surface area contributed by atoms with Crippen molar-refractivity contribution >= 4 is 5.97 Å². The number of ether oxygens (including phenoxy) is 3. The Kier molecular flexibility index (Phi) is 6.79. The first-order valence-corrected chi connectivity index (χ1v) is 6.60. The summed E-state index contributed by atoms with van der Waals surface area (Å²) < 4.78 is 16.1. The first-order valence-electron chi connectivity index (χ1n) is 6.60. The van der Waals surface area contributed by atoms with Crippen molar-refractivity contribution < 1.29 is 19.0 Å². The van der Waals surface area contributed by atoms with Crippen molar-refractivity contribution in [1.29, 1.82) is 0 Å². The van der Waals surface area contributed by atoms with Gasteiger partial charge in [-0.3, -0.25) is 4.79 Å². The van der Waals surface area contributed by atoms with Gasteiger partial charge in [-0.25, -0.2) is 0 Å². The van der Waals surface area contributed by atoms with E-state index < -0.39 is 0 Å². The highest BCUT2D eigenvalue weighted by Crippen LogP contribution is 2.28. The highest BCUT2D eigenvalue weighted by atomic mass is 16.5. The first-order chi connectivity index (χ1) is 9.19. The number of rotatable bonds is 8. The van der Waals surface area contributed by atoms with E-state index in [2.05, 4.69) is 6.92 Å². The number of hydrogen-bond acceptors (Lipinski definition) is 4. The smallest absolute Gasteiger partial charge is 0.311 e. The number of unbranched alkanes of at least 4 members (excludes halogenated alkanes) is 1. The third-order valence-electron chi connectivity index (χ3n) is 2.34. The van der Waals surface area contributed by atoms with Crippen LogP contribution in [0.2, 0.25) is 0 Å². The van der Waals surface area contributed by atoms with Crippen LogP contribution < -0.4 is 14.2 Å². The van der Waals surface area contributed by atoms with Crippen LogP contribution in [0.1, 0.15) is 33.1 Å². The van der Waals surface area contributed by atoms with Gasteiger partial charge >= 0.3 is 5.97 Å². The predicted molar refractivity (Wildman–Crippen MR) is 73.6 cm³/mol. The minimum atomic E-state index is -0.264. The van der Waals surface area contributed by atoms with Crippen LogP contribution in [0.25, 0.3) is 0 Å². The molecule has 0 N–H and O–H groups in total. The Morgan fingerprint density at radius 1 is 1.05 bits per heavy atom. The molecule has 0 saturated carbocycles. The van der Waals surface area contributed by atoms with Gasteiger partial charge in [0.15, 0.2) is 0 Å². The molecule has 1 rings (SSSR count). The SMILES string of the molecule is [CH2]CCCC(=O)Oc1cc(OCC)cc(OCC)c1. The zero-order chi connectivity index (χ0) is 14.1. The number of esters is 1. The molecule has 0 aliphatic heterocycles. The van der Waals surface area contributed by atoms with Gasteiger partial charge in [-0.1, -0.05) is 13.3 Å². The van der Waals surface area contributed by atoms with Gasteiger partial charge in [-0.15, -0.1) is 0 Å². The lowest BCUT2D eigenvalue weighted by molar-refractivity contribution is -0.134. The molecule has 0 heterocycles. The average molecular weight is 265 g/mol. The summed E-state index contributed by atoms with van der Waals surface area (Å²) >= 11 is 0. The summed E-state index contributed by atoms with van der Waals surface area (Å²) in [6.45, 7) is 8.58. The molecule has 19 heavy (non-hydrogen) atoms. The molecule has 0 aliphatic carbocycles. The predicted octanol–water partition coefficient (Wildman–Crippen LogP) is 3.39. The lowest BCUT2D eigenvalue weighted by Crippen LogP contribution is -2.08.